The predicted molar refractivity (Wildman–Crippen MR) is 125 cm³/mol. The summed E-state index contributed by atoms with van der Waals surface area (Å²) in [5, 5.41) is 17.3. The number of anilines is 3. The SMILES string of the molecule is COCC1CCCN1c1cccc(Nc2cc(-c3cccc(C(=O)O)c3)nn3ccnc23)n1. The van der Waals surface area contributed by atoms with Crippen molar-refractivity contribution in [3.8, 4) is 11.3 Å². The number of fused-ring (bicyclic) bond motifs is 1. The number of aromatic nitrogens is 4. The van der Waals surface area contributed by atoms with E-state index in [0.29, 0.717) is 35.4 Å². The highest BCUT2D eigenvalue weighted by Gasteiger charge is 2.25. The number of aromatic carboxylic acids is 1. The molecule has 0 radical (unpaired) electrons. The van der Waals surface area contributed by atoms with Crippen molar-refractivity contribution in [3.63, 3.8) is 0 Å². The summed E-state index contributed by atoms with van der Waals surface area (Å²) in [7, 11) is 1.73. The van der Waals surface area contributed by atoms with Gasteiger partial charge in [0, 0.05) is 31.6 Å². The molecule has 0 amide bonds. The fourth-order valence-electron chi connectivity index (χ4n) is 4.26. The van der Waals surface area contributed by atoms with E-state index in [-0.39, 0.29) is 5.56 Å². The van der Waals surface area contributed by atoms with Gasteiger partial charge >= 0.3 is 5.97 Å². The van der Waals surface area contributed by atoms with E-state index in [2.05, 4.69) is 20.3 Å². The van der Waals surface area contributed by atoms with Crippen LogP contribution in [0.1, 0.15) is 23.2 Å². The largest absolute Gasteiger partial charge is 0.478 e. The van der Waals surface area contributed by atoms with Gasteiger partial charge in [-0.15, -0.1) is 0 Å². The van der Waals surface area contributed by atoms with Gasteiger partial charge in [0.2, 0.25) is 0 Å². The van der Waals surface area contributed by atoms with Crippen LogP contribution in [0, 0.1) is 0 Å². The van der Waals surface area contributed by atoms with Crippen molar-refractivity contribution in [2.75, 3.05) is 30.5 Å². The lowest BCUT2D eigenvalue weighted by Gasteiger charge is -2.25. The predicted octanol–water partition coefficient (Wildman–Crippen LogP) is 3.85. The van der Waals surface area contributed by atoms with E-state index in [1.165, 1.54) is 0 Å². The van der Waals surface area contributed by atoms with Crippen LogP contribution < -0.4 is 10.2 Å². The van der Waals surface area contributed by atoms with Gasteiger partial charge in [-0.25, -0.2) is 19.3 Å². The van der Waals surface area contributed by atoms with Crippen LogP contribution in [0.4, 0.5) is 17.3 Å². The van der Waals surface area contributed by atoms with Gasteiger partial charge in [0.25, 0.3) is 0 Å². The summed E-state index contributed by atoms with van der Waals surface area (Å²) in [6, 6.07) is 14.8. The van der Waals surface area contributed by atoms with Crippen molar-refractivity contribution in [1.82, 2.24) is 19.6 Å². The Labute approximate surface area is 190 Å². The van der Waals surface area contributed by atoms with E-state index in [1.807, 2.05) is 30.3 Å². The van der Waals surface area contributed by atoms with Crippen LogP contribution >= 0.6 is 0 Å². The molecule has 2 N–H and O–H groups in total. The Kier molecular flexibility index (Phi) is 5.62. The first-order valence-corrected chi connectivity index (χ1v) is 10.8. The molecular formula is C24H24N6O3. The lowest BCUT2D eigenvalue weighted by molar-refractivity contribution is 0.0697. The molecule has 1 aliphatic heterocycles. The van der Waals surface area contributed by atoms with E-state index in [0.717, 1.165) is 30.9 Å². The Balaban J connectivity index is 1.49. The molecule has 4 aromatic rings. The molecule has 3 aromatic heterocycles. The second kappa shape index (κ2) is 8.87. The molecule has 4 heterocycles. The van der Waals surface area contributed by atoms with E-state index in [9.17, 15) is 9.90 Å². The molecule has 1 atom stereocenters. The molecule has 1 aromatic carbocycles. The van der Waals surface area contributed by atoms with Crippen molar-refractivity contribution in [2.24, 2.45) is 0 Å². The number of carboxylic acids is 1. The number of nitrogens with zero attached hydrogens (tertiary/aromatic N) is 5. The third kappa shape index (κ3) is 4.22. The molecule has 0 spiro atoms. The molecule has 0 bridgehead atoms. The van der Waals surface area contributed by atoms with Crippen LogP contribution in [0.3, 0.4) is 0 Å². The van der Waals surface area contributed by atoms with Gasteiger partial charge in [0.1, 0.15) is 11.6 Å². The number of imidazole rings is 1. The zero-order valence-corrected chi connectivity index (χ0v) is 18.2. The molecule has 1 unspecified atom stereocenters. The van der Waals surface area contributed by atoms with Crippen molar-refractivity contribution in [3.05, 3.63) is 66.5 Å². The summed E-state index contributed by atoms with van der Waals surface area (Å²) < 4.78 is 7.05. The average Bonchev–Trinajstić information content (AvgIpc) is 3.49. The van der Waals surface area contributed by atoms with Crippen molar-refractivity contribution in [2.45, 2.75) is 18.9 Å². The smallest absolute Gasteiger partial charge is 0.335 e. The van der Waals surface area contributed by atoms with Crippen LogP contribution in [0.15, 0.2) is 60.9 Å². The second-order valence-electron chi connectivity index (χ2n) is 7.98. The highest BCUT2D eigenvalue weighted by Crippen LogP contribution is 2.29. The third-order valence-corrected chi connectivity index (χ3v) is 5.79. The molecule has 9 nitrogen and oxygen atoms in total. The van der Waals surface area contributed by atoms with E-state index in [4.69, 9.17) is 9.72 Å². The van der Waals surface area contributed by atoms with Gasteiger partial charge in [-0.1, -0.05) is 18.2 Å². The molecule has 1 fully saturated rings. The minimum Gasteiger partial charge on any atom is -0.478 e. The first-order valence-electron chi connectivity index (χ1n) is 10.8. The van der Waals surface area contributed by atoms with Crippen LogP contribution in [0.2, 0.25) is 0 Å². The number of methoxy groups -OCH3 is 1. The maximum atomic E-state index is 11.4. The molecular weight excluding hydrogens is 420 g/mol. The van der Waals surface area contributed by atoms with Crippen molar-refractivity contribution < 1.29 is 14.6 Å². The number of carboxylic acid groups (broad SMARTS) is 1. The van der Waals surface area contributed by atoms with Gasteiger partial charge < -0.3 is 20.1 Å². The quantitative estimate of drug-likeness (QED) is 0.443. The number of benzene rings is 1. The summed E-state index contributed by atoms with van der Waals surface area (Å²) in [5.41, 5.74) is 2.92. The fourth-order valence-corrected chi connectivity index (χ4v) is 4.26. The Hall–Kier alpha value is -3.98. The van der Waals surface area contributed by atoms with E-state index >= 15 is 0 Å². The first-order chi connectivity index (χ1) is 16.1. The van der Waals surface area contributed by atoms with Gasteiger partial charge in [0.15, 0.2) is 5.65 Å². The highest BCUT2D eigenvalue weighted by molar-refractivity contribution is 5.89. The zero-order chi connectivity index (χ0) is 22.8. The fraction of sp³-hybridized carbons (Fsp3) is 0.250. The van der Waals surface area contributed by atoms with Crippen molar-refractivity contribution >= 4 is 28.9 Å². The van der Waals surface area contributed by atoms with E-state index < -0.39 is 5.97 Å². The first kappa shape index (κ1) is 20.9. The topological polar surface area (TPSA) is 105 Å². The van der Waals surface area contributed by atoms with Gasteiger partial charge in [-0.2, -0.15) is 5.10 Å². The molecule has 0 aliphatic carbocycles. The van der Waals surface area contributed by atoms with Crippen molar-refractivity contribution in [1.29, 1.82) is 0 Å². The number of ether oxygens (including phenoxy) is 1. The summed E-state index contributed by atoms with van der Waals surface area (Å²) in [6.45, 7) is 1.63. The second-order valence-corrected chi connectivity index (χ2v) is 7.98. The average molecular weight is 444 g/mol. The molecule has 5 rings (SSSR count). The number of rotatable bonds is 7. The minimum atomic E-state index is -0.978. The standard InChI is InChI=1S/C24H24N6O3/c1-33-15-18-7-4-11-29(18)22-9-3-8-21(27-22)26-20-14-19(28-30-12-10-25-23(20)30)16-5-2-6-17(13-16)24(31)32/h2-3,5-6,8-10,12-14,18H,4,7,11,15H2,1H3,(H,26,27)(H,31,32). The molecule has 0 saturated carbocycles. The van der Waals surface area contributed by atoms with Gasteiger partial charge in [-0.05, 0) is 43.2 Å². The highest BCUT2D eigenvalue weighted by atomic mass is 16.5. The molecule has 33 heavy (non-hydrogen) atoms. The number of hydrogen-bond donors (Lipinski definition) is 2. The monoisotopic (exact) mass is 444 g/mol. The molecule has 168 valence electrons. The lowest BCUT2D eigenvalue weighted by Crippen LogP contribution is -2.33. The summed E-state index contributed by atoms with van der Waals surface area (Å²) >= 11 is 0. The van der Waals surface area contributed by atoms with Gasteiger partial charge in [-0.3, -0.25) is 0 Å². The molecule has 9 heteroatoms. The van der Waals surface area contributed by atoms with Crippen LogP contribution in [-0.2, 0) is 4.74 Å². The third-order valence-electron chi connectivity index (χ3n) is 5.79. The lowest BCUT2D eigenvalue weighted by atomic mass is 10.1. The Morgan fingerprint density at radius 2 is 2.12 bits per heavy atom. The number of carbonyl (C=O) groups is 1. The maximum absolute atomic E-state index is 11.4. The zero-order valence-electron chi connectivity index (χ0n) is 18.2. The minimum absolute atomic E-state index is 0.208. The summed E-state index contributed by atoms with van der Waals surface area (Å²) in [6.07, 6.45) is 5.64. The van der Waals surface area contributed by atoms with Crippen LogP contribution in [-0.4, -0.2) is 57.0 Å². The molecule has 1 saturated heterocycles. The Bertz CT molecular complexity index is 1300. The van der Waals surface area contributed by atoms with Gasteiger partial charge in [0.05, 0.1) is 29.6 Å². The van der Waals surface area contributed by atoms with E-state index in [1.54, 1.807) is 42.2 Å². The number of hydrogen-bond acceptors (Lipinski definition) is 7. The summed E-state index contributed by atoms with van der Waals surface area (Å²) in [4.78, 5) is 22.9. The van der Waals surface area contributed by atoms with Crippen LogP contribution in [0.5, 0.6) is 0 Å². The van der Waals surface area contributed by atoms with Crippen LogP contribution in [0.25, 0.3) is 16.9 Å². The summed E-state index contributed by atoms with van der Waals surface area (Å²) in [5.74, 6) is 0.618. The Morgan fingerprint density at radius 3 is 2.97 bits per heavy atom. The maximum Gasteiger partial charge on any atom is 0.335 e. The molecule has 1 aliphatic rings. The number of pyridine rings is 1. The normalized spacial score (nSPS) is 15.8. The number of nitrogens with one attached hydrogen (secondary N) is 1. The Morgan fingerprint density at radius 1 is 1.24 bits per heavy atom.